The van der Waals surface area contributed by atoms with Crippen molar-refractivity contribution in [2.24, 2.45) is 4.99 Å². The molecular formula is C18H38IN5O. The predicted molar refractivity (Wildman–Crippen MR) is 116 cm³/mol. The summed E-state index contributed by atoms with van der Waals surface area (Å²) in [4.78, 5) is 9.81. The molecule has 6 nitrogen and oxygen atoms in total. The van der Waals surface area contributed by atoms with E-state index in [0.29, 0.717) is 6.04 Å². The molecule has 148 valence electrons. The average molecular weight is 467 g/mol. The number of morpholine rings is 1. The standard InChI is InChI=1S/C18H37N5O.HI/c1-6-19-17(20-13-15(2)22(5)16-7-8-16)21-14-18(3,4)23-9-11-24-12-10-23;/h15-16H,6-14H2,1-5H3,(H2,19,20,21);1H. The van der Waals surface area contributed by atoms with Crippen LogP contribution in [-0.2, 0) is 4.74 Å². The highest BCUT2D eigenvalue weighted by atomic mass is 127. The highest BCUT2D eigenvalue weighted by Gasteiger charge is 2.29. The van der Waals surface area contributed by atoms with E-state index in [-0.39, 0.29) is 29.5 Å². The molecule has 1 aliphatic carbocycles. The summed E-state index contributed by atoms with van der Waals surface area (Å²) in [5.41, 5.74) is 0.0581. The minimum atomic E-state index is 0. The van der Waals surface area contributed by atoms with Crippen LogP contribution in [0.4, 0.5) is 0 Å². The van der Waals surface area contributed by atoms with Gasteiger partial charge in [0.15, 0.2) is 5.96 Å². The number of rotatable bonds is 8. The fourth-order valence-electron chi connectivity index (χ4n) is 3.11. The number of aliphatic imine (C=N–C) groups is 1. The quantitative estimate of drug-likeness (QED) is 0.324. The summed E-state index contributed by atoms with van der Waals surface area (Å²) in [6.07, 6.45) is 2.70. The van der Waals surface area contributed by atoms with E-state index in [9.17, 15) is 0 Å². The van der Waals surface area contributed by atoms with Crippen molar-refractivity contribution >= 4 is 29.9 Å². The molecule has 0 aromatic rings. The first-order chi connectivity index (χ1) is 11.4. The third-order valence-corrected chi connectivity index (χ3v) is 5.22. The number of nitrogens with one attached hydrogen (secondary N) is 2. The zero-order valence-electron chi connectivity index (χ0n) is 16.7. The summed E-state index contributed by atoms with van der Waals surface area (Å²) in [6.45, 7) is 15.2. The van der Waals surface area contributed by atoms with Crippen LogP contribution in [0.5, 0.6) is 0 Å². The van der Waals surface area contributed by atoms with Crippen molar-refractivity contribution < 1.29 is 4.74 Å². The normalized spacial score (nSPS) is 21.0. The highest BCUT2D eigenvalue weighted by Crippen LogP contribution is 2.26. The lowest BCUT2D eigenvalue weighted by molar-refractivity contribution is -0.00684. The largest absolute Gasteiger partial charge is 0.379 e. The molecule has 2 aliphatic rings. The van der Waals surface area contributed by atoms with Crippen LogP contribution in [0.3, 0.4) is 0 Å². The lowest BCUT2D eigenvalue weighted by atomic mass is 10.0. The van der Waals surface area contributed by atoms with Crippen LogP contribution in [0.15, 0.2) is 4.99 Å². The Hall–Kier alpha value is -0.120. The van der Waals surface area contributed by atoms with E-state index in [1.54, 1.807) is 0 Å². The minimum absolute atomic E-state index is 0. The van der Waals surface area contributed by atoms with Gasteiger partial charge in [-0.2, -0.15) is 0 Å². The lowest BCUT2D eigenvalue weighted by Gasteiger charge is -2.40. The van der Waals surface area contributed by atoms with Crippen molar-refractivity contribution in [3.63, 3.8) is 0 Å². The van der Waals surface area contributed by atoms with Crippen LogP contribution in [-0.4, -0.2) is 86.4 Å². The zero-order chi connectivity index (χ0) is 17.6. The molecule has 0 aromatic heterocycles. The first-order valence-electron chi connectivity index (χ1n) is 9.51. The molecule has 1 unspecified atom stereocenters. The molecule has 2 N–H and O–H groups in total. The summed E-state index contributed by atoms with van der Waals surface area (Å²) >= 11 is 0. The van der Waals surface area contributed by atoms with Crippen molar-refractivity contribution in [3.05, 3.63) is 0 Å². The fraction of sp³-hybridized carbons (Fsp3) is 0.944. The summed E-state index contributed by atoms with van der Waals surface area (Å²) in [7, 11) is 2.23. The molecule has 0 spiro atoms. The zero-order valence-corrected chi connectivity index (χ0v) is 19.0. The number of ether oxygens (including phenoxy) is 1. The van der Waals surface area contributed by atoms with E-state index in [1.807, 2.05) is 0 Å². The highest BCUT2D eigenvalue weighted by molar-refractivity contribution is 14.0. The molecule has 0 amide bonds. The molecule has 2 rings (SSSR count). The number of hydrogen-bond acceptors (Lipinski definition) is 4. The molecule has 1 saturated carbocycles. The van der Waals surface area contributed by atoms with Gasteiger partial charge in [0, 0.05) is 43.8 Å². The first kappa shape index (κ1) is 22.9. The Morgan fingerprint density at radius 1 is 1.28 bits per heavy atom. The molecule has 0 radical (unpaired) electrons. The van der Waals surface area contributed by atoms with E-state index in [1.165, 1.54) is 12.8 Å². The maximum atomic E-state index is 5.46. The fourth-order valence-corrected chi connectivity index (χ4v) is 3.11. The van der Waals surface area contributed by atoms with Gasteiger partial charge in [-0.15, -0.1) is 24.0 Å². The van der Waals surface area contributed by atoms with Gasteiger partial charge in [0.25, 0.3) is 0 Å². The van der Waals surface area contributed by atoms with Gasteiger partial charge in [-0.3, -0.25) is 14.8 Å². The molecule has 1 heterocycles. The summed E-state index contributed by atoms with van der Waals surface area (Å²) in [5, 5.41) is 6.89. The average Bonchev–Trinajstić information content (AvgIpc) is 3.42. The number of likely N-dealkylation sites (N-methyl/N-ethyl adjacent to an activating group) is 1. The Morgan fingerprint density at radius 2 is 1.92 bits per heavy atom. The van der Waals surface area contributed by atoms with E-state index >= 15 is 0 Å². The molecule has 2 fully saturated rings. The summed E-state index contributed by atoms with van der Waals surface area (Å²) in [6, 6.07) is 1.31. The van der Waals surface area contributed by atoms with Crippen LogP contribution in [0.1, 0.15) is 40.5 Å². The molecule has 1 atom stereocenters. The Bertz CT molecular complexity index is 408. The van der Waals surface area contributed by atoms with Crippen molar-refractivity contribution in [1.29, 1.82) is 0 Å². The maximum Gasteiger partial charge on any atom is 0.191 e. The van der Waals surface area contributed by atoms with Gasteiger partial charge < -0.3 is 15.4 Å². The SMILES string of the molecule is CCNC(=NCC(C)(C)N1CCOCC1)NCC(C)N(C)C1CC1.I. The molecule has 0 aromatic carbocycles. The summed E-state index contributed by atoms with van der Waals surface area (Å²) in [5.74, 6) is 0.926. The van der Waals surface area contributed by atoms with Crippen LogP contribution in [0, 0.1) is 0 Å². The molecule has 1 saturated heterocycles. The van der Waals surface area contributed by atoms with Gasteiger partial charge in [-0.1, -0.05) is 0 Å². The number of hydrogen-bond donors (Lipinski definition) is 2. The van der Waals surface area contributed by atoms with Crippen molar-refractivity contribution in [1.82, 2.24) is 20.4 Å². The van der Waals surface area contributed by atoms with Crippen LogP contribution < -0.4 is 10.6 Å². The maximum absolute atomic E-state index is 5.46. The molecule has 7 heteroatoms. The first-order valence-corrected chi connectivity index (χ1v) is 9.51. The van der Waals surface area contributed by atoms with Crippen molar-refractivity contribution in [3.8, 4) is 0 Å². The number of guanidine groups is 1. The number of nitrogens with zero attached hydrogens (tertiary/aromatic N) is 3. The van der Waals surface area contributed by atoms with Gasteiger partial charge in [0.2, 0.25) is 0 Å². The van der Waals surface area contributed by atoms with Crippen LogP contribution in [0.25, 0.3) is 0 Å². The van der Waals surface area contributed by atoms with Gasteiger partial charge in [0.1, 0.15) is 0 Å². The van der Waals surface area contributed by atoms with Crippen molar-refractivity contribution in [2.75, 3.05) is 53.0 Å². The van der Waals surface area contributed by atoms with E-state index in [4.69, 9.17) is 9.73 Å². The summed E-state index contributed by atoms with van der Waals surface area (Å²) < 4.78 is 5.46. The van der Waals surface area contributed by atoms with Gasteiger partial charge in [-0.25, -0.2) is 0 Å². The Kier molecular flexibility index (Phi) is 9.98. The van der Waals surface area contributed by atoms with Crippen LogP contribution >= 0.6 is 24.0 Å². The topological polar surface area (TPSA) is 52.1 Å². The van der Waals surface area contributed by atoms with Crippen molar-refractivity contribution in [2.45, 2.75) is 58.2 Å². The van der Waals surface area contributed by atoms with Gasteiger partial charge in [0.05, 0.1) is 19.8 Å². The molecular weight excluding hydrogens is 429 g/mol. The predicted octanol–water partition coefficient (Wildman–Crippen LogP) is 1.75. The smallest absolute Gasteiger partial charge is 0.191 e. The van der Waals surface area contributed by atoms with Gasteiger partial charge >= 0.3 is 0 Å². The van der Waals surface area contributed by atoms with E-state index in [0.717, 1.165) is 57.9 Å². The Balaban J connectivity index is 0.00000312. The second-order valence-electron chi connectivity index (χ2n) is 7.73. The van der Waals surface area contributed by atoms with Crippen LogP contribution in [0.2, 0.25) is 0 Å². The second-order valence-corrected chi connectivity index (χ2v) is 7.73. The van der Waals surface area contributed by atoms with Gasteiger partial charge in [-0.05, 0) is 47.6 Å². The minimum Gasteiger partial charge on any atom is -0.379 e. The Labute approximate surface area is 171 Å². The molecule has 0 bridgehead atoms. The Morgan fingerprint density at radius 3 is 2.48 bits per heavy atom. The van der Waals surface area contributed by atoms with E-state index < -0.39 is 0 Å². The molecule has 1 aliphatic heterocycles. The lowest BCUT2D eigenvalue weighted by Crippen LogP contribution is -2.52. The van der Waals surface area contributed by atoms with E-state index in [2.05, 4.69) is 55.2 Å². The monoisotopic (exact) mass is 467 g/mol. The third-order valence-electron chi connectivity index (χ3n) is 5.22. The second kappa shape index (κ2) is 10.9. The third kappa shape index (κ3) is 7.56. The molecule has 25 heavy (non-hydrogen) atoms. The number of halogens is 1.